The number of hydrogen-bond donors (Lipinski definition) is 2. The van der Waals surface area contributed by atoms with Gasteiger partial charge in [-0.25, -0.2) is 9.79 Å². The summed E-state index contributed by atoms with van der Waals surface area (Å²) >= 11 is 0. The number of carbonyl (C=O) groups is 1. The number of amides is 1. The van der Waals surface area contributed by atoms with Crippen LogP contribution in [0.3, 0.4) is 0 Å². The predicted octanol–water partition coefficient (Wildman–Crippen LogP) is 3.09. The van der Waals surface area contributed by atoms with E-state index in [0.29, 0.717) is 38.2 Å². The fraction of sp³-hybridized carbons (Fsp3) is 0.652. The van der Waals surface area contributed by atoms with E-state index < -0.39 is 0 Å². The van der Waals surface area contributed by atoms with Crippen LogP contribution < -0.4 is 11.1 Å². The molecule has 0 aromatic heterocycles. The molecule has 2 aliphatic heterocycles. The van der Waals surface area contributed by atoms with E-state index >= 15 is 0 Å². The molecule has 166 valence electrons. The van der Waals surface area contributed by atoms with Gasteiger partial charge in [-0.2, -0.15) is 0 Å². The van der Waals surface area contributed by atoms with E-state index in [9.17, 15) is 4.79 Å². The minimum Gasteiger partial charge on any atom is -0.450 e. The second-order valence-electron chi connectivity index (χ2n) is 8.39. The number of ether oxygens (including phenoxy) is 1. The summed E-state index contributed by atoms with van der Waals surface area (Å²) in [5, 5.41) is 3.33. The molecule has 7 nitrogen and oxygen atoms in total. The van der Waals surface area contributed by atoms with Crippen molar-refractivity contribution in [2.45, 2.75) is 71.1 Å². The van der Waals surface area contributed by atoms with Crippen LogP contribution in [0.4, 0.5) is 4.79 Å². The normalized spacial score (nSPS) is 21.5. The van der Waals surface area contributed by atoms with Crippen molar-refractivity contribution in [3.05, 3.63) is 35.4 Å². The molecule has 2 saturated heterocycles. The lowest BCUT2D eigenvalue weighted by molar-refractivity contribution is 0.0963. The Balaban J connectivity index is 1.50. The number of hydrogen-bond acceptors (Lipinski definition) is 4. The van der Waals surface area contributed by atoms with Gasteiger partial charge in [-0.05, 0) is 57.2 Å². The maximum atomic E-state index is 11.8. The number of rotatable bonds is 6. The fourth-order valence-electron chi connectivity index (χ4n) is 4.32. The number of likely N-dealkylation sites (tertiary alicyclic amines) is 2. The van der Waals surface area contributed by atoms with E-state index in [1.807, 2.05) is 6.92 Å². The monoisotopic (exact) mass is 415 g/mol. The highest BCUT2D eigenvalue weighted by molar-refractivity contribution is 5.78. The molecular formula is C23H37N5O2. The number of benzene rings is 1. The summed E-state index contributed by atoms with van der Waals surface area (Å²) in [4.78, 5) is 20.7. The molecule has 0 bridgehead atoms. The number of piperidine rings is 2. The van der Waals surface area contributed by atoms with Crippen LogP contribution in [0, 0.1) is 0 Å². The van der Waals surface area contributed by atoms with Gasteiger partial charge in [0.2, 0.25) is 0 Å². The van der Waals surface area contributed by atoms with E-state index in [4.69, 9.17) is 10.5 Å². The zero-order chi connectivity index (χ0) is 21.3. The van der Waals surface area contributed by atoms with Crippen LogP contribution in [0.5, 0.6) is 0 Å². The zero-order valence-electron chi connectivity index (χ0n) is 18.5. The summed E-state index contributed by atoms with van der Waals surface area (Å²) in [6.45, 7) is 8.66. The topological polar surface area (TPSA) is 83.2 Å². The molecule has 1 atom stereocenters. The van der Waals surface area contributed by atoms with Crippen LogP contribution in [-0.2, 0) is 17.8 Å². The van der Waals surface area contributed by atoms with E-state index in [2.05, 4.69) is 46.4 Å². The van der Waals surface area contributed by atoms with Crippen molar-refractivity contribution in [2.75, 3.05) is 26.2 Å². The van der Waals surface area contributed by atoms with E-state index in [1.54, 1.807) is 4.90 Å². The zero-order valence-corrected chi connectivity index (χ0v) is 18.5. The maximum Gasteiger partial charge on any atom is 0.409 e. The first-order valence-corrected chi connectivity index (χ1v) is 11.4. The van der Waals surface area contributed by atoms with Crippen LogP contribution in [0.2, 0.25) is 0 Å². The molecule has 0 aliphatic carbocycles. The largest absolute Gasteiger partial charge is 0.450 e. The van der Waals surface area contributed by atoms with E-state index in [-0.39, 0.29) is 12.1 Å². The van der Waals surface area contributed by atoms with E-state index in [0.717, 1.165) is 19.4 Å². The van der Waals surface area contributed by atoms with Gasteiger partial charge in [0.25, 0.3) is 0 Å². The lowest BCUT2D eigenvalue weighted by Crippen LogP contribution is -2.48. The Morgan fingerprint density at radius 3 is 2.60 bits per heavy atom. The van der Waals surface area contributed by atoms with Crippen molar-refractivity contribution in [2.24, 2.45) is 10.7 Å². The van der Waals surface area contributed by atoms with Gasteiger partial charge in [-0.1, -0.05) is 30.7 Å². The fourth-order valence-corrected chi connectivity index (χ4v) is 4.32. The molecule has 3 rings (SSSR count). The summed E-state index contributed by atoms with van der Waals surface area (Å²) < 4.78 is 5.07. The van der Waals surface area contributed by atoms with Gasteiger partial charge < -0.3 is 20.7 Å². The average Bonchev–Trinajstić information content (AvgIpc) is 2.75. The quantitative estimate of drug-likeness (QED) is 0.551. The van der Waals surface area contributed by atoms with Gasteiger partial charge in [0.1, 0.15) is 0 Å². The Labute approximate surface area is 180 Å². The number of nitrogens with one attached hydrogen (secondary N) is 1. The molecule has 2 fully saturated rings. The van der Waals surface area contributed by atoms with Gasteiger partial charge in [-0.3, -0.25) is 4.90 Å². The van der Waals surface area contributed by atoms with Crippen molar-refractivity contribution in [1.82, 2.24) is 15.1 Å². The summed E-state index contributed by atoms with van der Waals surface area (Å²) in [5.74, 6) is 0.478. The van der Waals surface area contributed by atoms with E-state index in [1.165, 1.54) is 36.9 Å². The van der Waals surface area contributed by atoms with Crippen LogP contribution in [0.25, 0.3) is 0 Å². The van der Waals surface area contributed by atoms with Crippen LogP contribution >= 0.6 is 0 Å². The molecule has 0 radical (unpaired) electrons. The van der Waals surface area contributed by atoms with Crippen molar-refractivity contribution >= 4 is 12.1 Å². The summed E-state index contributed by atoms with van der Waals surface area (Å²) in [7, 11) is 0. The maximum absolute atomic E-state index is 11.8. The van der Waals surface area contributed by atoms with Crippen molar-refractivity contribution in [3.8, 4) is 0 Å². The molecule has 30 heavy (non-hydrogen) atoms. The third-order valence-electron chi connectivity index (χ3n) is 6.23. The van der Waals surface area contributed by atoms with Gasteiger partial charge in [0.05, 0.1) is 13.2 Å². The first-order chi connectivity index (χ1) is 14.6. The number of guanidine groups is 1. The molecule has 0 spiro atoms. The van der Waals surface area contributed by atoms with Gasteiger partial charge in [0.15, 0.2) is 5.96 Å². The van der Waals surface area contributed by atoms with Crippen molar-refractivity contribution in [3.63, 3.8) is 0 Å². The summed E-state index contributed by atoms with van der Waals surface area (Å²) in [5.41, 5.74) is 8.75. The lowest BCUT2D eigenvalue weighted by atomic mass is 10.0. The molecule has 1 amide bonds. The van der Waals surface area contributed by atoms with Gasteiger partial charge >= 0.3 is 6.09 Å². The lowest BCUT2D eigenvalue weighted by Gasteiger charge is -2.33. The Morgan fingerprint density at radius 1 is 1.17 bits per heavy atom. The first-order valence-electron chi connectivity index (χ1n) is 11.4. The third kappa shape index (κ3) is 6.36. The number of carbonyl (C=O) groups excluding carboxylic acids is 1. The smallest absolute Gasteiger partial charge is 0.409 e. The molecule has 1 unspecified atom stereocenters. The molecule has 1 aromatic rings. The Morgan fingerprint density at radius 2 is 1.90 bits per heavy atom. The van der Waals surface area contributed by atoms with Crippen LogP contribution in [0.1, 0.15) is 57.1 Å². The molecule has 0 saturated carbocycles. The van der Waals surface area contributed by atoms with Crippen molar-refractivity contribution in [1.29, 1.82) is 0 Å². The Hall–Kier alpha value is -2.28. The molecule has 2 aliphatic rings. The molecule has 3 N–H and O–H groups in total. The molecule has 1 aromatic carbocycles. The minimum absolute atomic E-state index is 0.225. The summed E-state index contributed by atoms with van der Waals surface area (Å²) in [6.07, 6.45) is 5.38. The second kappa shape index (κ2) is 11.2. The highest BCUT2D eigenvalue weighted by atomic mass is 16.6. The highest BCUT2D eigenvalue weighted by Crippen LogP contribution is 2.21. The second-order valence-corrected chi connectivity index (χ2v) is 8.39. The number of nitrogens with two attached hydrogens (primary N) is 1. The third-order valence-corrected chi connectivity index (χ3v) is 6.23. The molecule has 2 heterocycles. The molecular weight excluding hydrogens is 378 g/mol. The standard InChI is InChI=1S/C23H37N5O2/c1-3-30-23(29)27-14-11-21(12-15-27)26-22(24)25-16-19-9-4-5-10-20(19)17-28-13-7-6-8-18(28)2/h4-5,9-10,18,21H,3,6-8,11-17H2,1-2H3,(H3,24,25,26). The van der Waals surface area contributed by atoms with Crippen molar-refractivity contribution < 1.29 is 9.53 Å². The highest BCUT2D eigenvalue weighted by Gasteiger charge is 2.24. The van der Waals surface area contributed by atoms with Gasteiger partial charge in [-0.15, -0.1) is 0 Å². The van der Waals surface area contributed by atoms with Gasteiger partial charge in [0, 0.05) is 31.7 Å². The predicted molar refractivity (Wildman–Crippen MR) is 120 cm³/mol. The number of aliphatic imine (C=N–C) groups is 1. The molecule has 7 heteroatoms. The Bertz CT molecular complexity index is 715. The minimum atomic E-state index is -0.225. The first kappa shape index (κ1) is 22.4. The SMILES string of the molecule is CCOC(=O)N1CCC(NC(N)=NCc2ccccc2CN2CCCCC2C)CC1. The average molecular weight is 416 g/mol. The summed E-state index contributed by atoms with van der Waals surface area (Å²) in [6, 6.07) is 9.42. The Kier molecular flexibility index (Phi) is 8.37. The number of nitrogens with zero attached hydrogens (tertiary/aromatic N) is 3. The van der Waals surface area contributed by atoms with Crippen LogP contribution in [-0.4, -0.2) is 60.2 Å². The van der Waals surface area contributed by atoms with Crippen LogP contribution in [0.15, 0.2) is 29.3 Å².